The van der Waals surface area contributed by atoms with E-state index in [1.54, 1.807) is 18.8 Å². The smallest absolute Gasteiger partial charge is 0.188 e. The zero-order valence-corrected chi connectivity index (χ0v) is 15.8. The molecule has 0 spiro atoms. The number of hydrogen-bond donors (Lipinski definition) is 1. The Hall–Kier alpha value is -1.72. The van der Waals surface area contributed by atoms with Gasteiger partial charge in [0.2, 0.25) is 0 Å². The van der Waals surface area contributed by atoms with Crippen LogP contribution in [0.5, 0.6) is 5.75 Å². The number of carbonyl (C=O) groups is 1. The van der Waals surface area contributed by atoms with Crippen molar-refractivity contribution in [3.63, 3.8) is 0 Å². The van der Waals surface area contributed by atoms with Gasteiger partial charge in [-0.1, -0.05) is 37.6 Å². The molecule has 1 aliphatic rings. The van der Waals surface area contributed by atoms with Gasteiger partial charge in [-0.15, -0.1) is 11.8 Å². The van der Waals surface area contributed by atoms with Gasteiger partial charge in [0.05, 0.1) is 0 Å². The number of para-hydroxylation sites is 1. The number of hydrogen-bond acceptors (Lipinski definition) is 5. The van der Waals surface area contributed by atoms with E-state index in [1.807, 2.05) is 44.4 Å². The first-order chi connectivity index (χ1) is 11.6. The highest BCUT2D eigenvalue weighted by atomic mass is 35.5. The molecule has 0 bridgehead atoms. The zero-order chi connectivity index (χ0) is 17.7. The SMILES string of the molecule is CC/C=C(\C(=O)CC)C1=Nc2c(cccc2SC)O/C1=C(\Cl)NC. The lowest BCUT2D eigenvalue weighted by molar-refractivity contribution is -0.114. The summed E-state index contributed by atoms with van der Waals surface area (Å²) < 4.78 is 6.01. The number of rotatable bonds is 6. The summed E-state index contributed by atoms with van der Waals surface area (Å²) in [6.07, 6.45) is 4.98. The molecular formula is C18H21ClN2O2S. The fourth-order valence-corrected chi connectivity index (χ4v) is 3.04. The van der Waals surface area contributed by atoms with Crippen molar-refractivity contribution in [1.29, 1.82) is 0 Å². The minimum absolute atomic E-state index is 0.0161. The fraction of sp³-hybridized carbons (Fsp3) is 0.333. The summed E-state index contributed by atoms with van der Waals surface area (Å²) in [5, 5.41) is 3.19. The van der Waals surface area contributed by atoms with Gasteiger partial charge in [-0.25, -0.2) is 4.99 Å². The van der Waals surface area contributed by atoms with Gasteiger partial charge in [0.25, 0.3) is 0 Å². The molecule has 0 aliphatic carbocycles. The first-order valence-electron chi connectivity index (χ1n) is 7.82. The minimum Gasteiger partial charge on any atom is -0.450 e. The molecule has 0 radical (unpaired) electrons. The molecule has 0 atom stereocenters. The highest BCUT2D eigenvalue weighted by Crippen LogP contribution is 2.42. The average molecular weight is 365 g/mol. The summed E-state index contributed by atoms with van der Waals surface area (Å²) in [7, 11) is 1.70. The molecule has 1 N–H and O–H groups in total. The molecule has 0 saturated carbocycles. The third kappa shape index (κ3) is 3.68. The van der Waals surface area contributed by atoms with Crippen LogP contribution in [-0.4, -0.2) is 24.8 Å². The van der Waals surface area contributed by atoms with E-state index in [1.165, 1.54) is 0 Å². The van der Waals surface area contributed by atoms with Crippen molar-refractivity contribution in [2.24, 2.45) is 4.99 Å². The maximum absolute atomic E-state index is 12.4. The van der Waals surface area contributed by atoms with Crippen LogP contribution in [0.25, 0.3) is 0 Å². The van der Waals surface area contributed by atoms with Crippen molar-refractivity contribution in [2.75, 3.05) is 13.3 Å². The van der Waals surface area contributed by atoms with E-state index in [4.69, 9.17) is 21.3 Å². The molecule has 0 fully saturated rings. The second-order valence-corrected chi connectivity index (χ2v) is 6.29. The van der Waals surface area contributed by atoms with Crippen molar-refractivity contribution >= 4 is 40.5 Å². The predicted octanol–water partition coefficient (Wildman–Crippen LogP) is 4.82. The molecule has 4 nitrogen and oxygen atoms in total. The molecule has 1 aromatic carbocycles. The molecule has 6 heteroatoms. The van der Waals surface area contributed by atoms with E-state index in [0.29, 0.717) is 34.4 Å². The maximum atomic E-state index is 12.4. The number of thioether (sulfide) groups is 1. The highest BCUT2D eigenvalue weighted by Gasteiger charge is 2.28. The number of ether oxygens (including phenoxy) is 1. The van der Waals surface area contributed by atoms with Gasteiger partial charge in [0.1, 0.15) is 16.6 Å². The first-order valence-corrected chi connectivity index (χ1v) is 9.42. The first kappa shape index (κ1) is 18.6. The lowest BCUT2D eigenvalue weighted by Crippen LogP contribution is -2.24. The fourth-order valence-electron chi connectivity index (χ4n) is 2.36. The number of Topliss-reactive ketones (excluding diaryl/α,β-unsaturated/α-hetero) is 1. The molecule has 24 heavy (non-hydrogen) atoms. The van der Waals surface area contributed by atoms with Gasteiger partial charge >= 0.3 is 0 Å². The number of allylic oxidation sites excluding steroid dienone is 2. The second kappa shape index (κ2) is 8.40. The van der Waals surface area contributed by atoms with Crippen molar-refractivity contribution in [1.82, 2.24) is 5.32 Å². The number of ketones is 1. The van der Waals surface area contributed by atoms with Crippen LogP contribution in [0.1, 0.15) is 26.7 Å². The predicted molar refractivity (Wildman–Crippen MR) is 102 cm³/mol. The number of nitrogens with one attached hydrogen (secondary N) is 1. The van der Waals surface area contributed by atoms with Crippen LogP contribution >= 0.6 is 23.4 Å². The number of carbonyl (C=O) groups excluding carboxylic acids is 1. The molecule has 0 unspecified atom stereocenters. The third-order valence-corrected chi connectivity index (χ3v) is 4.67. The van der Waals surface area contributed by atoms with E-state index >= 15 is 0 Å². The lowest BCUT2D eigenvalue weighted by Gasteiger charge is -2.23. The van der Waals surface area contributed by atoms with Crippen LogP contribution in [0.3, 0.4) is 0 Å². The summed E-state index contributed by atoms with van der Waals surface area (Å²) >= 11 is 7.87. The molecule has 0 aromatic heterocycles. The Balaban J connectivity index is 2.72. The molecule has 0 amide bonds. The lowest BCUT2D eigenvalue weighted by atomic mass is 10.00. The van der Waals surface area contributed by atoms with E-state index in [0.717, 1.165) is 17.0 Å². The number of benzene rings is 1. The van der Waals surface area contributed by atoms with Crippen LogP contribution in [0.2, 0.25) is 0 Å². The summed E-state index contributed by atoms with van der Waals surface area (Å²) in [6.45, 7) is 3.82. The van der Waals surface area contributed by atoms with Crippen LogP contribution in [0.15, 0.2) is 50.7 Å². The normalized spacial score (nSPS) is 16.0. The van der Waals surface area contributed by atoms with Gasteiger partial charge in [0.15, 0.2) is 17.3 Å². The quantitative estimate of drug-likeness (QED) is 0.447. The molecule has 1 heterocycles. The Morgan fingerprint density at radius 2 is 2.17 bits per heavy atom. The molecule has 2 rings (SSSR count). The molecule has 0 saturated heterocycles. The second-order valence-electron chi connectivity index (χ2n) is 5.07. The summed E-state index contributed by atoms with van der Waals surface area (Å²) in [4.78, 5) is 18.2. The summed E-state index contributed by atoms with van der Waals surface area (Å²) in [5.41, 5.74) is 1.76. The van der Waals surface area contributed by atoms with E-state index in [-0.39, 0.29) is 5.78 Å². The number of fused-ring (bicyclic) bond motifs is 1. The van der Waals surface area contributed by atoms with E-state index < -0.39 is 0 Å². The van der Waals surface area contributed by atoms with Gasteiger partial charge in [-0.3, -0.25) is 4.79 Å². The van der Waals surface area contributed by atoms with Crippen molar-refractivity contribution < 1.29 is 9.53 Å². The van der Waals surface area contributed by atoms with E-state index in [9.17, 15) is 4.79 Å². The largest absolute Gasteiger partial charge is 0.450 e. The Morgan fingerprint density at radius 1 is 1.42 bits per heavy atom. The minimum atomic E-state index is 0.0161. The number of nitrogens with zero attached hydrogens (tertiary/aromatic N) is 1. The number of halogens is 1. The zero-order valence-electron chi connectivity index (χ0n) is 14.3. The molecule has 128 valence electrons. The Bertz CT molecular complexity index is 739. The van der Waals surface area contributed by atoms with Crippen LogP contribution in [0.4, 0.5) is 5.69 Å². The van der Waals surface area contributed by atoms with Crippen LogP contribution in [-0.2, 0) is 4.79 Å². The van der Waals surface area contributed by atoms with E-state index in [2.05, 4.69) is 5.32 Å². The monoisotopic (exact) mass is 364 g/mol. The van der Waals surface area contributed by atoms with Gasteiger partial charge in [0, 0.05) is 23.9 Å². The van der Waals surface area contributed by atoms with Crippen molar-refractivity contribution in [2.45, 2.75) is 31.6 Å². The molecular weight excluding hydrogens is 344 g/mol. The maximum Gasteiger partial charge on any atom is 0.188 e. The molecule has 1 aliphatic heterocycles. The Morgan fingerprint density at radius 3 is 2.75 bits per heavy atom. The summed E-state index contributed by atoms with van der Waals surface area (Å²) in [6, 6.07) is 5.74. The van der Waals surface area contributed by atoms with Crippen molar-refractivity contribution in [3.8, 4) is 5.75 Å². The average Bonchev–Trinajstić information content (AvgIpc) is 2.63. The molecule has 1 aromatic rings. The van der Waals surface area contributed by atoms with Crippen LogP contribution in [0, 0.1) is 0 Å². The Labute approximate surface area is 152 Å². The van der Waals surface area contributed by atoms with Gasteiger partial charge in [-0.05, 0) is 24.8 Å². The third-order valence-electron chi connectivity index (χ3n) is 3.54. The number of aliphatic imine (C=N–C) groups is 1. The van der Waals surface area contributed by atoms with Gasteiger partial charge < -0.3 is 10.1 Å². The van der Waals surface area contributed by atoms with Crippen molar-refractivity contribution in [3.05, 3.63) is 40.8 Å². The topological polar surface area (TPSA) is 50.7 Å². The van der Waals surface area contributed by atoms with Gasteiger partial charge in [-0.2, -0.15) is 0 Å². The highest BCUT2D eigenvalue weighted by molar-refractivity contribution is 7.98. The Kier molecular flexibility index (Phi) is 6.52. The summed E-state index contributed by atoms with van der Waals surface area (Å²) in [5.74, 6) is 1.03. The standard InChI is InChI=1S/C18H21ClN2O2S/c1-5-8-11(12(22)6-2)15-17(18(19)20-3)23-13-9-7-10-14(24-4)16(13)21-15/h7-10,20H,5-6H2,1-4H3/b11-8+,18-17+. The van der Waals surface area contributed by atoms with Crippen LogP contribution < -0.4 is 10.1 Å².